The summed E-state index contributed by atoms with van der Waals surface area (Å²) in [4.78, 5) is 17.2. The predicted molar refractivity (Wildman–Crippen MR) is 138 cm³/mol. The van der Waals surface area contributed by atoms with Gasteiger partial charge in [0, 0.05) is 22.6 Å². The Morgan fingerprint density at radius 2 is 2.17 bits per heavy atom. The van der Waals surface area contributed by atoms with Crippen molar-refractivity contribution in [1.29, 1.82) is 0 Å². The molecule has 3 aromatic heterocycles. The number of carbonyl (C=O) groups is 1. The number of nitrogens with zero attached hydrogens (tertiary/aromatic N) is 4. The lowest BCUT2D eigenvalue weighted by molar-refractivity contribution is -0.113. The Kier molecular flexibility index (Phi) is 7.45. The third kappa shape index (κ3) is 5.57. The van der Waals surface area contributed by atoms with Crippen LogP contribution in [0.1, 0.15) is 18.6 Å². The second kappa shape index (κ2) is 10.7. The van der Waals surface area contributed by atoms with Gasteiger partial charge in [0.15, 0.2) is 16.1 Å². The number of hydrogen-bond acceptors (Lipinski definition) is 8. The maximum Gasteiger partial charge on any atom is 0.236 e. The van der Waals surface area contributed by atoms with E-state index in [0.717, 1.165) is 36.3 Å². The standard InChI is InChI=1S/C23H21Cl2N5O3S2/c1-13-16(6-8-32-13)21-28-29-23(30(21)10-15-3-2-7-33-15)35-12-20(31)27-22-26-19(11-34-22)17-5-4-14(24)9-18(17)25/h4-6,8-9,11,15H,2-3,7,10,12H2,1H3,(H,26,27,31). The first-order valence-corrected chi connectivity index (χ1v) is 13.5. The molecule has 182 valence electrons. The minimum absolute atomic E-state index is 0.0959. The number of amides is 1. The first kappa shape index (κ1) is 24.3. The Hall–Kier alpha value is -2.37. The van der Waals surface area contributed by atoms with Crippen LogP contribution in [0.3, 0.4) is 0 Å². The van der Waals surface area contributed by atoms with Crippen LogP contribution in [0.2, 0.25) is 10.0 Å². The third-order valence-corrected chi connectivity index (χ3v) is 7.79. The van der Waals surface area contributed by atoms with E-state index < -0.39 is 0 Å². The van der Waals surface area contributed by atoms with Gasteiger partial charge >= 0.3 is 0 Å². The van der Waals surface area contributed by atoms with Crippen LogP contribution < -0.4 is 5.32 Å². The molecule has 1 aliphatic rings. The number of carbonyl (C=O) groups excluding carboxylic acids is 1. The lowest BCUT2D eigenvalue weighted by atomic mass is 10.2. The second-order valence-electron chi connectivity index (χ2n) is 7.94. The van der Waals surface area contributed by atoms with Crippen LogP contribution in [0, 0.1) is 6.92 Å². The first-order valence-electron chi connectivity index (χ1n) is 10.9. The summed E-state index contributed by atoms with van der Waals surface area (Å²) in [5, 5.41) is 15.6. The number of thioether (sulfide) groups is 1. The summed E-state index contributed by atoms with van der Waals surface area (Å²) in [6.07, 6.45) is 3.75. The third-order valence-electron chi connectivity index (χ3n) is 5.52. The number of benzene rings is 1. The number of furan rings is 1. The molecule has 0 radical (unpaired) electrons. The van der Waals surface area contributed by atoms with Crippen molar-refractivity contribution in [2.45, 2.75) is 37.6 Å². The Morgan fingerprint density at radius 1 is 1.29 bits per heavy atom. The Morgan fingerprint density at radius 3 is 2.91 bits per heavy atom. The van der Waals surface area contributed by atoms with Crippen molar-refractivity contribution < 1.29 is 13.9 Å². The zero-order valence-electron chi connectivity index (χ0n) is 18.7. The lowest BCUT2D eigenvalue weighted by Gasteiger charge is -2.14. The maximum absolute atomic E-state index is 12.7. The highest BCUT2D eigenvalue weighted by Gasteiger charge is 2.23. The Bertz CT molecular complexity index is 1350. The van der Waals surface area contributed by atoms with Crippen LogP contribution in [0.15, 0.2) is 45.5 Å². The number of rotatable bonds is 8. The molecule has 0 spiro atoms. The number of ether oxygens (including phenoxy) is 1. The Labute approximate surface area is 220 Å². The molecule has 0 aliphatic carbocycles. The molecule has 1 fully saturated rings. The fourth-order valence-corrected chi connectivity index (χ4v) is 5.79. The monoisotopic (exact) mass is 549 g/mol. The van der Waals surface area contributed by atoms with E-state index in [9.17, 15) is 4.79 Å². The molecule has 1 N–H and O–H groups in total. The summed E-state index contributed by atoms with van der Waals surface area (Å²) < 4.78 is 13.3. The van der Waals surface area contributed by atoms with Crippen LogP contribution in [-0.4, -0.2) is 44.1 Å². The average Bonchev–Trinajstić information content (AvgIpc) is 3.62. The molecule has 1 atom stereocenters. The molecule has 1 aromatic carbocycles. The predicted octanol–water partition coefficient (Wildman–Crippen LogP) is 6.19. The zero-order chi connectivity index (χ0) is 24.4. The van der Waals surface area contributed by atoms with Crippen molar-refractivity contribution in [2.24, 2.45) is 0 Å². The van der Waals surface area contributed by atoms with Crippen LogP contribution in [0.25, 0.3) is 22.6 Å². The summed E-state index contributed by atoms with van der Waals surface area (Å²) >= 11 is 14.9. The van der Waals surface area contributed by atoms with Crippen molar-refractivity contribution in [3.63, 3.8) is 0 Å². The quantitative estimate of drug-likeness (QED) is 0.262. The van der Waals surface area contributed by atoms with Crippen molar-refractivity contribution in [3.05, 3.63) is 51.7 Å². The largest absolute Gasteiger partial charge is 0.469 e. The minimum Gasteiger partial charge on any atom is -0.469 e. The molecule has 5 rings (SSSR count). The van der Waals surface area contributed by atoms with Crippen molar-refractivity contribution in [2.75, 3.05) is 17.7 Å². The summed E-state index contributed by atoms with van der Waals surface area (Å²) in [5.41, 5.74) is 2.31. The molecule has 1 unspecified atom stereocenters. The Balaban J connectivity index is 1.27. The first-order chi connectivity index (χ1) is 17.0. The fraction of sp³-hybridized carbons (Fsp3) is 0.304. The number of anilines is 1. The van der Waals surface area contributed by atoms with E-state index in [2.05, 4.69) is 20.5 Å². The van der Waals surface area contributed by atoms with E-state index in [1.165, 1.54) is 23.1 Å². The number of hydrogen-bond donors (Lipinski definition) is 1. The molecule has 4 aromatic rings. The van der Waals surface area contributed by atoms with Gasteiger partial charge in [0.2, 0.25) is 5.91 Å². The molecule has 0 saturated carbocycles. The van der Waals surface area contributed by atoms with Crippen LogP contribution in [0.5, 0.6) is 0 Å². The number of thiazole rings is 1. The molecule has 1 saturated heterocycles. The summed E-state index contributed by atoms with van der Waals surface area (Å²) in [5.74, 6) is 1.44. The normalized spacial score (nSPS) is 15.6. The number of halogens is 2. The van der Waals surface area contributed by atoms with Gasteiger partial charge in [-0.2, -0.15) is 0 Å². The molecular formula is C23H21Cl2N5O3S2. The van der Waals surface area contributed by atoms with Crippen LogP contribution in [0.4, 0.5) is 5.13 Å². The van der Waals surface area contributed by atoms with Gasteiger partial charge in [0.05, 0.1) is 40.9 Å². The molecule has 4 heterocycles. The summed E-state index contributed by atoms with van der Waals surface area (Å²) in [7, 11) is 0. The van der Waals surface area contributed by atoms with Gasteiger partial charge in [-0.3, -0.25) is 9.36 Å². The molecule has 1 amide bonds. The van der Waals surface area contributed by atoms with E-state index in [0.29, 0.717) is 38.4 Å². The molecule has 35 heavy (non-hydrogen) atoms. The zero-order valence-corrected chi connectivity index (χ0v) is 21.8. The van der Waals surface area contributed by atoms with E-state index in [4.69, 9.17) is 32.4 Å². The van der Waals surface area contributed by atoms with E-state index in [1.807, 2.05) is 22.9 Å². The van der Waals surface area contributed by atoms with Gasteiger partial charge in [-0.25, -0.2) is 4.98 Å². The van der Waals surface area contributed by atoms with Crippen molar-refractivity contribution in [3.8, 4) is 22.6 Å². The summed E-state index contributed by atoms with van der Waals surface area (Å²) in [6, 6.07) is 7.10. The van der Waals surface area contributed by atoms with Gasteiger partial charge in [-0.05, 0) is 44.0 Å². The van der Waals surface area contributed by atoms with Gasteiger partial charge < -0.3 is 14.5 Å². The molecular weight excluding hydrogens is 529 g/mol. The second-order valence-corrected chi connectivity index (χ2v) is 10.6. The number of nitrogens with one attached hydrogen (secondary N) is 1. The number of aryl methyl sites for hydroxylation is 1. The minimum atomic E-state index is -0.189. The van der Waals surface area contributed by atoms with E-state index in [1.54, 1.807) is 24.5 Å². The van der Waals surface area contributed by atoms with Gasteiger partial charge in [-0.1, -0.05) is 35.0 Å². The number of aromatic nitrogens is 4. The van der Waals surface area contributed by atoms with Crippen molar-refractivity contribution in [1.82, 2.24) is 19.7 Å². The van der Waals surface area contributed by atoms with Crippen LogP contribution in [-0.2, 0) is 16.1 Å². The van der Waals surface area contributed by atoms with Crippen LogP contribution >= 0.6 is 46.3 Å². The van der Waals surface area contributed by atoms with E-state index in [-0.39, 0.29) is 17.8 Å². The van der Waals surface area contributed by atoms with Gasteiger partial charge in [-0.15, -0.1) is 21.5 Å². The highest BCUT2D eigenvalue weighted by Crippen LogP contribution is 2.33. The molecule has 8 nitrogen and oxygen atoms in total. The highest BCUT2D eigenvalue weighted by atomic mass is 35.5. The average molecular weight is 550 g/mol. The smallest absolute Gasteiger partial charge is 0.236 e. The highest BCUT2D eigenvalue weighted by molar-refractivity contribution is 7.99. The SMILES string of the molecule is Cc1occc1-c1nnc(SCC(=O)Nc2nc(-c3ccc(Cl)cc3Cl)cs2)n1CC1CCCO1. The van der Waals surface area contributed by atoms with Crippen molar-refractivity contribution >= 4 is 57.3 Å². The van der Waals surface area contributed by atoms with Gasteiger partial charge in [0.25, 0.3) is 0 Å². The molecule has 0 bridgehead atoms. The fourth-order valence-electron chi connectivity index (χ4n) is 3.81. The maximum atomic E-state index is 12.7. The lowest BCUT2D eigenvalue weighted by Crippen LogP contribution is -2.18. The van der Waals surface area contributed by atoms with Gasteiger partial charge in [0.1, 0.15) is 5.76 Å². The topological polar surface area (TPSA) is 95.1 Å². The van der Waals surface area contributed by atoms with E-state index >= 15 is 0 Å². The molecule has 1 aliphatic heterocycles. The summed E-state index contributed by atoms with van der Waals surface area (Å²) in [6.45, 7) is 3.27. The molecule has 12 heteroatoms.